The number of aliphatic hydroxyl groups is 2. The van der Waals surface area contributed by atoms with Gasteiger partial charge in [-0.1, -0.05) is 11.8 Å². The molecule has 23 heteroatoms. The number of carbonyl (C=O) groups is 2. The monoisotopic (exact) mass is 768 g/mol. The van der Waals surface area contributed by atoms with Crippen LogP contribution < -0.4 is 10.6 Å². The van der Waals surface area contributed by atoms with Gasteiger partial charge >= 0.3 is 12.2 Å². The average molecular weight is 769 g/mol. The van der Waals surface area contributed by atoms with Crippen LogP contribution in [-0.4, -0.2) is 122 Å². The summed E-state index contributed by atoms with van der Waals surface area (Å²) >= 11 is 12.7. The Labute approximate surface area is 284 Å². The molecule has 0 aliphatic heterocycles. The molecule has 0 bridgehead atoms. The highest BCUT2D eigenvalue weighted by molar-refractivity contribution is 8.15. The number of rotatable bonds is 31. The van der Waals surface area contributed by atoms with Gasteiger partial charge in [-0.05, 0) is 0 Å². The van der Waals surface area contributed by atoms with E-state index < -0.39 is 12.2 Å². The number of thioether (sulfide) groups is 8. The molecule has 0 saturated carbocycles. The molecule has 42 heavy (non-hydrogen) atoms. The van der Waals surface area contributed by atoms with E-state index in [1.165, 1.54) is 59.8 Å². The van der Waals surface area contributed by atoms with Gasteiger partial charge < -0.3 is 39.5 Å². The zero-order chi connectivity index (χ0) is 30.6. The number of hydrogen-bond donors (Lipinski definition) is 4. The van der Waals surface area contributed by atoms with Crippen LogP contribution >= 0.6 is 106 Å². The molecule has 0 saturated heterocycles. The van der Waals surface area contributed by atoms with Crippen molar-refractivity contribution in [3.8, 4) is 0 Å². The number of amides is 2. The van der Waals surface area contributed by atoms with Crippen molar-refractivity contribution in [3.05, 3.63) is 0 Å². The van der Waals surface area contributed by atoms with Crippen molar-refractivity contribution in [2.45, 2.75) is 0 Å². The first kappa shape index (κ1) is 42.5. The van der Waals surface area contributed by atoms with Gasteiger partial charge in [-0.2, -0.15) is 9.78 Å². The molecule has 0 aromatic rings. The molecule has 0 aromatic heterocycles. The first-order valence-electron chi connectivity index (χ1n) is 11.5. The first-order chi connectivity index (χ1) is 20.7. The summed E-state index contributed by atoms with van der Waals surface area (Å²) in [5, 5.41) is 23.7. The molecule has 0 heterocycles. The third-order valence-electron chi connectivity index (χ3n) is 3.24. The van der Waals surface area contributed by atoms with E-state index in [1.54, 1.807) is 47.0 Å². The lowest BCUT2D eigenvalue weighted by Gasteiger charge is -2.06. The number of nitrogens with one attached hydrogen (secondary N) is 2. The quantitative estimate of drug-likeness (QED) is 0.0148. The summed E-state index contributed by atoms with van der Waals surface area (Å²) in [6.07, 6.45) is 1.48. The van der Waals surface area contributed by atoms with Gasteiger partial charge in [-0.3, -0.25) is 0 Å². The normalized spacial score (nSPS) is 11.2. The standard InChI is InChI=1S/C19H36N4O10S9/c24-11-38-16-41-15-32-30-6-21-8-34-1-3-36-9-22-18(26)28-13-40-14-31-29-5-20-7-35-2-4-37-10-23-19(27)33-42-17-39-12-25/h5-6,24-25H,1-4,7-17H2,(H,22,26)(H,23,27). The van der Waals surface area contributed by atoms with E-state index in [-0.39, 0.29) is 23.8 Å². The third kappa shape index (κ3) is 36.7. The number of nitrogens with zero attached hydrogens (tertiary/aromatic N) is 2. The van der Waals surface area contributed by atoms with E-state index >= 15 is 0 Å². The Morgan fingerprint density at radius 1 is 0.643 bits per heavy atom. The largest absolute Gasteiger partial charge is 0.438 e. The predicted molar refractivity (Wildman–Crippen MR) is 186 cm³/mol. The molecule has 0 radical (unpaired) electrons. The summed E-state index contributed by atoms with van der Waals surface area (Å²) in [4.78, 5) is 50.5. The van der Waals surface area contributed by atoms with Gasteiger partial charge in [0.25, 0.3) is 0 Å². The van der Waals surface area contributed by atoms with Crippen LogP contribution in [0.5, 0.6) is 0 Å². The fourth-order valence-electron chi connectivity index (χ4n) is 1.63. The lowest BCUT2D eigenvalue weighted by Crippen LogP contribution is -2.24. The molecule has 0 atom stereocenters. The molecule has 246 valence electrons. The minimum atomic E-state index is -0.502. The molecule has 0 aliphatic carbocycles. The Bertz CT molecular complexity index is 682. The second-order valence-corrected chi connectivity index (χ2v) is 15.6. The summed E-state index contributed by atoms with van der Waals surface area (Å²) in [6.45, 7) is 0. The Kier molecular flexibility index (Phi) is 38.1. The summed E-state index contributed by atoms with van der Waals surface area (Å²) in [6, 6.07) is 0. The van der Waals surface area contributed by atoms with Gasteiger partial charge in [0.05, 0.1) is 52.5 Å². The predicted octanol–water partition coefficient (Wildman–Crippen LogP) is 4.42. The van der Waals surface area contributed by atoms with Gasteiger partial charge in [0.15, 0.2) is 0 Å². The van der Waals surface area contributed by atoms with Crippen LogP contribution in [0.4, 0.5) is 9.59 Å². The summed E-state index contributed by atoms with van der Waals surface area (Å²) < 4.78 is 9.87. The summed E-state index contributed by atoms with van der Waals surface area (Å²) in [5.74, 6) is 6.11. The van der Waals surface area contributed by atoms with Crippen molar-refractivity contribution in [2.24, 2.45) is 9.98 Å². The number of aliphatic imine (C=N–C) groups is 2. The highest BCUT2D eigenvalue weighted by Crippen LogP contribution is 2.13. The Morgan fingerprint density at radius 3 is 1.81 bits per heavy atom. The van der Waals surface area contributed by atoms with Crippen molar-refractivity contribution in [1.29, 1.82) is 0 Å². The van der Waals surface area contributed by atoms with Crippen molar-refractivity contribution in [1.82, 2.24) is 10.6 Å². The minimum absolute atomic E-state index is 0.00599. The highest BCUT2D eigenvalue weighted by Gasteiger charge is 2.02. The fraction of sp³-hybridized carbons (Fsp3) is 0.789. The Morgan fingerprint density at radius 2 is 1.19 bits per heavy atom. The van der Waals surface area contributed by atoms with Crippen LogP contribution in [0.1, 0.15) is 0 Å². The van der Waals surface area contributed by atoms with Gasteiger partial charge in [0.2, 0.25) is 12.8 Å². The van der Waals surface area contributed by atoms with Crippen molar-refractivity contribution >= 4 is 131 Å². The van der Waals surface area contributed by atoms with Crippen molar-refractivity contribution in [3.63, 3.8) is 0 Å². The van der Waals surface area contributed by atoms with Crippen LogP contribution in [0.25, 0.3) is 0 Å². The Hall–Kier alpha value is 0.470. The molecular formula is C19H36N4O10S9. The van der Waals surface area contributed by atoms with Crippen LogP contribution in [-0.2, 0) is 28.5 Å². The van der Waals surface area contributed by atoms with Gasteiger partial charge in [0, 0.05) is 28.1 Å². The highest BCUT2D eigenvalue weighted by atomic mass is 32.2. The Balaban J connectivity index is 3.29. The van der Waals surface area contributed by atoms with Crippen LogP contribution in [0, 0.1) is 0 Å². The summed E-state index contributed by atoms with van der Waals surface area (Å²) in [7, 11) is 0. The maximum atomic E-state index is 11.6. The van der Waals surface area contributed by atoms with Gasteiger partial charge in [0.1, 0.15) is 17.8 Å². The molecular weight excluding hydrogens is 733 g/mol. The SMILES string of the molecule is O=C(NCSCCSCN=COOCSCSCO)OCSCOOC=NCSCCSCNC(=O)OSCSCO. The molecule has 0 rings (SSSR count). The molecule has 0 aromatic carbocycles. The zero-order valence-corrected chi connectivity index (χ0v) is 29.8. The molecule has 0 unspecified atom stereocenters. The third-order valence-corrected chi connectivity index (χ3v) is 10.9. The zero-order valence-electron chi connectivity index (χ0n) is 22.5. The smallest absolute Gasteiger partial charge is 0.420 e. The van der Waals surface area contributed by atoms with E-state index in [4.69, 9.17) is 38.7 Å². The second kappa shape index (κ2) is 37.7. The number of hydrogen-bond acceptors (Lipinski definition) is 21. The molecule has 0 fully saturated rings. The van der Waals surface area contributed by atoms with Crippen LogP contribution in [0.3, 0.4) is 0 Å². The summed E-state index contributed by atoms with van der Waals surface area (Å²) in [5.41, 5.74) is 0. The maximum absolute atomic E-state index is 11.6. The van der Waals surface area contributed by atoms with Crippen LogP contribution in [0.2, 0.25) is 0 Å². The van der Waals surface area contributed by atoms with Crippen molar-refractivity contribution < 1.29 is 48.3 Å². The molecule has 4 N–H and O–H groups in total. The first-order valence-corrected chi connectivity index (χ1v) is 21.7. The van der Waals surface area contributed by atoms with Crippen LogP contribution in [0.15, 0.2) is 9.98 Å². The van der Waals surface area contributed by atoms with E-state index in [1.807, 2.05) is 0 Å². The molecule has 14 nitrogen and oxygen atoms in total. The minimum Gasteiger partial charge on any atom is -0.438 e. The van der Waals surface area contributed by atoms with Crippen molar-refractivity contribution in [2.75, 3.05) is 86.4 Å². The second-order valence-electron chi connectivity index (χ2n) is 6.12. The maximum Gasteiger partial charge on any atom is 0.420 e. The number of ether oxygens (including phenoxy) is 1. The van der Waals surface area contributed by atoms with E-state index in [2.05, 4.69) is 20.6 Å². The molecule has 0 aliphatic rings. The van der Waals surface area contributed by atoms with Gasteiger partial charge in [-0.25, -0.2) is 19.6 Å². The van der Waals surface area contributed by atoms with E-state index in [0.717, 1.165) is 40.1 Å². The fourth-order valence-corrected chi connectivity index (χ4v) is 7.31. The van der Waals surface area contributed by atoms with E-state index in [9.17, 15) is 9.59 Å². The number of alkyl carbamates (subject to hydrolysis) is 1. The number of aliphatic hydroxyl groups excluding tert-OH is 2. The van der Waals surface area contributed by atoms with E-state index in [0.29, 0.717) is 34.5 Å². The molecule has 2 amide bonds. The van der Waals surface area contributed by atoms with Gasteiger partial charge in [-0.15, -0.1) is 82.3 Å². The average Bonchev–Trinajstić information content (AvgIpc) is 2.99. The number of carbonyl (C=O) groups excluding carboxylic acids is 2. The topological polar surface area (TPSA) is 179 Å². The lowest BCUT2D eigenvalue weighted by atomic mass is 11.0. The lowest BCUT2D eigenvalue weighted by molar-refractivity contribution is -0.196. The molecule has 0 spiro atoms.